The number of hydrogen-bond donors (Lipinski definition) is 1. The van der Waals surface area contributed by atoms with E-state index in [1.54, 1.807) is 10.8 Å². The van der Waals surface area contributed by atoms with Gasteiger partial charge in [0.2, 0.25) is 0 Å². The Morgan fingerprint density at radius 1 is 1.67 bits per heavy atom. The molecule has 0 saturated carbocycles. The minimum Gasteiger partial charge on any atom is -0.402 e. The van der Waals surface area contributed by atoms with E-state index in [1.807, 2.05) is 38.4 Å². The summed E-state index contributed by atoms with van der Waals surface area (Å²) < 4.78 is 1.81. The first-order valence-electron chi connectivity index (χ1n) is 4.75. The number of nitrogens with zero attached hydrogens (tertiary/aromatic N) is 2. The first kappa shape index (κ1) is 11.1. The summed E-state index contributed by atoms with van der Waals surface area (Å²) in [5.74, 6) is 5.89. The quantitative estimate of drug-likeness (QED) is 0.583. The van der Waals surface area contributed by atoms with E-state index in [0.29, 0.717) is 6.54 Å². The average Bonchev–Trinajstić information content (AvgIpc) is 2.57. The van der Waals surface area contributed by atoms with Crippen LogP contribution in [0.4, 0.5) is 0 Å². The van der Waals surface area contributed by atoms with Crippen molar-refractivity contribution in [1.82, 2.24) is 9.78 Å². The maximum Gasteiger partial charge on any atom is 0.102 e. The Labute approximate surface area is 90.3 Å². The van der Waals surface area contributed by atoms with Crippen LogP contribution in [0.25, 0.3) is 0 Å². The molecule has 3 nitrogen and oxygen atoms in total. The van der Waals surface area contributed by atoms with Crippen molar-refractivity contribution in [3.05, 3.63) is 41.9 Å². The Bertz CT molecular complexity index is 423. The predicted molar refractivity (Wildman–Crippen MR) is 61.8 cm³/mol. The van der Waals surface area contributed by atoms with E-state index in [9.17, 15) is 0 Å². The van der Waals surface area contributed by atoms with Gasteiger partial charge in [0.1, 0.15) is 6.54 Å². The zero-order valence-corrected chi connectivity index (χ0v) is 9.07. The SMILES string of the molecule is CC(N)=CC=CC#CCn1cc(C)cn1. The third-order valence-electron chi connectivity index (χ3n) is 1.64. The molecule has 0 aliphatic carbocycles. The fraction of sp³-hybridized carbons (Fsp3) is 0.250. The fourth-order valence-corrected chi connectivity index (χ4v) is 0.987. The van der Waals surface area contributed by atoms with Gasteiger partial charge in [-0.1, -0.05) is 17.9 Å². The Morgan fingerprint density at radius 3 is 3.07 bits per heavy atom. The molecule has 0 spiro atoms. The molecule has 0 aromatic carbocycles. The van der Waals surface area contributed by atoms with Gasteiger partial charge in [0, 0.05) is 11.9 Å². The van der Waals surface area contributed by atoms with Crippen molar-refractivity contribution < 1.29 is 0 Å². The zero-order chi connectivity index (χ0) is 11.1. The highest BCUT2D eigenvalue weighted by atomic mass is 15.3. The van der Waals surface area contributed by atoms with Gasteiger partial charge in [0.15, 0.2) is 0 Å². The Hall–Kier alpha value is -1.95. The molecule has 0 atom stereocenters. The Morgan fingerprint density at radius 2 is 2.47 bits per heavy atom. The molecular weight excluding hydrogens is 186 g/mol. The van der Waals surface area contributed by atoms with Crippen molar-refractivity contribution in [2.24, 2.45) is 5.73 Å². The predicted octanol–water partition coefficient (Wildman–Crippen LogP) is 1.61. The second-order valence-electron chi connectivity index (χ2n) is 3.31. The average molecular weight is 201 g/mol. The summed E-state index contributed by atoms with van der Waals surface area (Å²) in [7, 11) is 0. The summed E-state index contributed by atoms with van der Waals surface area (Å²) in [6.07, 6.45) is 9.19. The van der Waals surface area contributed by atoms with Gasteiger partial charge in [0.05, 0.1) is 6.20 Å². The molecule has 78 valence electrons. The lowest BCUT2D eigenvalue weighted by Crippen LogP contribution is -1.94. The number of rotatable bonds is 2. The van der Waals surface area contributed by atoms with E-state index in [0.717, 1.165) is 11.3 Å². The van der Waals surface area contributed by atoms with E-state index in [-0.39, 0.29) is 0 Å². The van der Waals surface area contributed by atoms with Crippen LogP contribution in [0.2, 0.25) is 0 Å². The summed E-state index contributed by atoms with van der Waals surface area (Å²) in [5.41, 5.74) is 7.37. The molecule has 1 aromatic rings. The molecule has 0 unspecified atom stereocenters. The molecule has 0 bridgehead atoms. The summed E-state index contributed by atoms with van der Waals surface area (Å²) in [6, 6.07) is 0. The summed E-state index contributed by atoms with van der Waals surface area (Å²) in [6.45, 7) is 4.46. The van der Waals surface area contributed by atoms with Crippen molar-refractivity contribution >= 4 is 0 Å². The lowest BCUT2D eigenvalue weighted by atomic mass is 10.4. The molecule has 0 fully saturated rings. The maximum atomic E-state index is 5.45. The van der Waals surface area contributed by atoms with Gasteiger partial charge in [-0.3, -0.25) is 4.68 Å². The maximum absolute atomic E-state index is 5.45. The molecule has 0 saturated heterocycles. The highest BCUT2D eigenvalue weighted by Crippen LogP contribution is 1.92. The standard InChI is InChI=1S/C12H15N3/c1-11-9-14-15(10-11)8-6-4-3-5-7-12(2)13/h3,5,7,9-10H,8,13H2,1-2H3. The van der Waals surface area contributed by atoms with E-state index in [2.05, 4.69) is 16.9 Å². The monoisotopic (exact) mass is 201 g/mol. The van der Waals surface area contributed by atoms with Crippen molar-refractivity contribution in [3.63, 3.8) is 0 Å². The van der Waals surface area contributed by atoms with Crippen LogP contribution < -0.4 is 5.73 Å². The van der Waals surface area contributed by atoms with E-state index >= 15 is 0 Å². The lowest BCUT2D eigenvalue weighted by molar-refractivity contribution is 0.715. The normalized spacial score (nSPS) is 11.5. The number of allylic oxidation sites excluding steroid dienone is 4. The molecule has 0 aliphatic rings. The van der Waals surface area contributed by atoms with E-state index in [1.165, 1.54) is 0 Å². The molecule has 1 rings (SSSR count). The van der Waals surface area contributed by atoms with Gasteiger partial charge in [-0.2, -0.15) is 5.10 Å². The summed E-state index contributed by atoms with van der Waals surface area (Å²) >= 11 is 0. The molecule has 3 heteroatoms. The minimum absolute atomic E-state index is 0.615. The second kappa shape index (κ2) is 5.71. The molecule has 0 amide bonds. The van der Waals surface area contributed by atoms with Crippen LogP contribution in [0.3, 0.4) is 0 Å². The van der Waals surface area contributed by atoms with Gasteiger partial charge < -0.3 is 5.73 Å². The van der Waals surface area contributed by atoms with Gasteiger partial charge in [-0.05, 0) is 31.6 Å². The van der Waals surface area contributed by atoms with Crippen LogP contribution >= 0.6 is 0 Å². The van der Waals surface area contributed by atoms with E-state index in [4.69, 9.17) is 5.73 Å². The third-order valence-corrected chi connectivity index (χ3v) is 1.64. The number of hydrogen-bond acceptors (Lipinski definition) is 2. The van der Waals surface area contributed by atoms with E-state index < -0.39 is 0 Å². The minimum atomic E-state index is 0.615. The molecule has 1 heterocycles. The molecule has 0 aliphatic heterocycles. The van der Waals surface area contributed by atoms with Crippen LogP contribution in [0.1, 0.15) is 12.5 Å². The summed E-state index contributed by atoms with van der Waals surface area (Å²) in [4.78, 5) is 0. The third kappa shape index (κ3) is 4.72. The molecule has 15 heavy (non-hydrogen) atoms. The topological polar surface area (TPSA) is 43.8 Å². The largest absolute Gasteiger partial charge is 0.402 e. The van der Waals surface area contributed by atoms with Crippen LogP contribution in [0.15, 0.2) is 36.3 Å². The first-order chi connectivity index (χ1) is 7.18. The molecule has 1 aromatic heterocycles. The van der Waals surface area contributed by atoms with Gasteiger partial charge in [0.25, 0.3) is 0 Å². The van der Waals surface area contributed by atoms with Crippen LogP contribution in [0.5, 0.6) is 0 Å². The first-order valence-corrected chi connectivity index (χ1v) is 4.75. The van der Waals surface area contributed by atoms with Crippen LogP contribution in [-0.4, -0.2) is 9.78 Å². The number of nitrogens with two attached hydrogens (primary N) is 1. The van der Waals surface area contributed by atoms with Gasteiger partial charge >= 0.3 is 0 Å². The molecular formula is C12H15N3. The molecule has 2 N–H and O–H groups in total. The zero-order valence-electron chi connectivity index (χ0n) is 9.07. The lowest BCUT2D eigenvalue weighted by Gasteiger charge is -1.89. The second-order valence-corrected chi connectivity index (χ2v) is 3.31. The van der Waals surface area contributed by atoms with Gasteiger partial charge in [-0.25, -0.2) is 0 Å². The molecule has 0 radical (unpaired) electrons. The highest BCUT2D eigenvalue weighted by Gasteiger charge is 1.88. The smallest absolute Gasteiger partial charge is 0.102 e. The Balaban J connectivity index is 2.41. The van der Waals surface area contributed by atoms with Crippen molar-refractivity contribution in [1.29, 1.82) is 0 Å². The van der Waals surface area contributed by atoms with Crippen LogP contribution in [0, 0.1) is 18.8 Å². The highest BCUT2D eigenvalue weighted by molar-refractivity contribution is 5.20. The van der Waals surface area contributed by atoms with Crippen molar-refractivity contribution in [3.8, 4) is 11.8 Å². The number of aromatic nitrogens is 2. The van der Waals surface area contributed by atoms with Crippen molar-refractivity contribution in [2.45, 2.75) is 20.4 Å². The van der Waals surface area contributed by atoms with Gasteiger partial charge in [-0.15, -0.1) is 0 Å². The summed E-state index contributed by atoms with van der Waals surface area (Å²) in [5, 5.41) is 4.12. The van der Waals surface area contributed by atoms with Crippen molar-refractivity contribution in [2.75, 3.05) is 0 Å². The van der Waals surface area contributed by atoms with Crippen LogP contribution in [-0.2, 0) is 6.54 Å². The number of aryl methyl sites for hydroxylation is 1. The Kier molecular flexibility index (Phi) is 4.24. The fourth-order valence-electron chi connectivity index (χ4n) is 0.987.